The van der Waals surface area contributed by atoms with Crippen LogP contribution < -0.4 is 10.0 Å². The Morgan fingerprint density at radius 2 is 1.95 bits per heavy atom. The summed E-state index contributed by atoms with van der Waals surface area (Å²) in [6.07, 6.45) is 2.60. The van der Waals surface area contributed by atoms with Gasteiger partial charge in [0.25, 0.3) is 10.0 Å². The molecule has 3 N–H and O–H groups in total. The first kappa shape index (κ1) is 13.6. The van der Waals surface area contributed by atoms with Crippen LogP contribution in [0.25, 0.3) is 0 Å². The number of nitrogens with zero attached hydrogens (tertiary/aromatic N) is 1. The zero-order chi connectivity index (χ0) is 13.9. The van der Waals surface area contributed by atoms with Gasteiger partial charge in [0.2, 0.25) is 0 Å². The molecule has 0 spiro atoms. The molecule has 0 aliphatic heterocycles. The minimum atomic E-state index is -3.57. The number of hydrogen-bond acceptors (Lipinski definition) is 4. The number of rotatable bonds is 5. The van der Waals surface area contributed by atoms with Crippen LogP contribution in [-0.2, 0) is 10.0 Å². The zero-order valence-corrected chi connectivity index (χ0v) is 11.5. The molecule has 0 aliphatic rings. The average Bonchev–Trinajstić information content (AvgIpc) is 2.93. The number of sulfonamides is 1. The van der Waals surface area contributed by atoms with E-state index in [1.165, 1.54) is 12.4 Å². The summed E-state index contributed by atoms with van der Waals surface area (Å²) >= 11 is 0. The third kappa shape index (κ3) is 3.12. The minimum absolute atomic E-state index is 0.111. The maximum Gasteiger partial charge on any atom is 0.265 e. The lowest BCUT2D eigenvalue weighted by atomic mass is 10.1. The van der Waals surface area contributed by atoms with Crippen molar-refractivity contribution in [2.24, 2.45) is 0 Å². The first-order chi connectivity index (χ1) is 9.03. The Bertz CT molecular complexity index is 620. The summed E-state index contributed by atoms with van der Waals surface area (Å²) in [5.41, 5.74) is 1.61. The van der Waals surface area contributed by atoms with Crippen molar-refractivity contribution in [2.45, 2.75) is 17.9 Å². The predicted molar refractivity (Wildman–Crippen MR) is 73.3 cm³/mol. The van der Waals surface area contributed by atoms with Crippen molar-refractivity contribution in [3.8, 4) is 0 Å². The number of hydrogen-bond donors (Lipinski definition) is 3. The second-order valence-corrected chi connectivity index (χ2v) is 5.85. The molecule has 1 unspecified atom stereocenters. The fourth-order valence-corrected chi connectivity index (χ4v) is 2.57. The molecule has 0 radical (unpaired) electrons. The lowest BCUT2D eigenvalue weighted by Gasteiger charge is -2.11. The van der Waals surface area contributed by atoms with Gasteiger partial charge in [-0.15, -0.1) is 0 Å². The standard InChI is InChI=1S/C12H16N4O2S/c1-9(13-2)10-3-5-11(6-4-10)16-19(17,18)12-7-14-15-8-12/h3-9,13,16H,1-2H3,(H,14,15). The van der Waals surface area contributed by atoms with E-state index in [0.29, 0.717) is 5.69 Å². The van der Waals surface area contributed by atoms with Gasteiger partial charge in [-0.25, -0.2) is 8.42 Å². The quantitative estimate of drug-likeness (QED) is 0.774. The third-order valence-corrected chi connectivity index (χ3v) is 4.23. The molecule has 19 heavy (non-hydrogen) atoms. The van der Waals surface area contributed by atoms with Crippen molar-refractivity contribution in [1.29, 1.82) is 0 Å². The highest BCUT2D eigenvalue weighted by atomic mass is 32.2. The van der Waals surface area contributed by atoms with Gasteiger partial charge in [0.15, 0.2) is 0 Å². The van der Waals surface area contributed by atoms with E-state index in [0.717, 1.165) is 5.56 Å². The Labute approximate surface area is 112 Å². The Balaban J connectivity index is 2.16. The van der Waals surface area contributed by atoms with E-state index in [-0.39, 0.29) is 10.9 Å². The number of H-pyrrole nitrogens is 1. The van der Waals surface area contributed by atoms with Gasteiger partial charge in [0, 0.05) is 17.9 Å². The second-order valence-electron chi connectivity index (χ2n) is 4.17. The van der Waals surface area contributed by atoms with E-state index >= 15 is 0 Å². The molecule has 7 heteroatoms. The van der Waals surface area contributed by atoms with Gasteiger partial charge in [-0.3, -0.25) is 9.82 Å². The molecular weight excluding hydrogens is 264 g/mol. The lowest BCUT2D eigenvalue weighted by Crippen LogP contribution is -2.14. The van der Waals surface area contributed by atoms with Crippen molar-refractivity contribution in [2.75, 3.05) is 11.8 Å². The first-order valence-corrected chi connectivity index (χ1v) is 7.30. The summed E-state index contributed by atoms with van der Waals surface area (Å²) in [6, 6.07) is 7.46. The van der Waals surface area contributed by atoms with Gasteiger partial charge in [0.1, 0.15) is 4.90 Å². The van der Waals surface area contributed by atoms with Crippen LogP contribution in [-0.4, -0.2) is 25.7 Å². The van der Waals surface area contributed by atoms with Crippen LogP contribution in [0.15, 0.2) is 41.6 Å². The molecule has 0 saturated heterocycles. The van der Waals surface area contributed by atoms with Crippen molar-refractivity contribution in [1.82, 2.24) is 15.5 Å². The third-order valence-electron chi connectivity index (χ3n) is 2.88. The Hall–Kier alpha value is -1.86. The minimum Gasteiger partial charge on any atom is -0.313 e. The smallest absolute Gasteiger partial charge is 0.265 e. The molecule has 0 saturated carbocycles. The van der Waals surface area contributed by atoms with E-state index in [2.05, 4.69) is 20.2 Å². The topological polar surface area (TPSA) is 86.9 Å². The van der Waals surface area contributed by atoms with Crippen LogP contribution in [0.3, 0.4) is 0 Å². The van der Waals surface area contributed by atoms with E-state index in [1.807, 2.05) is 26.1 Å². The Morgan fingerprint density at radius 1 is 1.26 bits per heavy atom. The molecule has 1 aromatic carbocycles. The summed E-state index contributed by atoms with van der Waals surface area (Å²) in [7, 11) is -1.69. The number of aromatic amines is 1. The van der Waals surface area contributed by atoms with Gasteiger partial charge >= 0.3 is 0 Å². The molecular formula is C12H16N4O2S. The SMILES string of the molecule is CNC(C)c1ccc(NS(=O)(=O)c2cn[nH]c2)cc1. The highest BCUT2D eigenvalue weighted by molar-refractivity contribution is 7.92. The molecule has 1 atom stereocenters. The highest BCUT2D eigenvalue weighted by Crippen LogP contribution is 2.18. The van der Waals surface area contributed by atoms with Gasteiger partial charge < -0.3 is 5.32 Å². The molecule has 6 nitrogen and oxygen atoms in total. The first-order valence-electron chi connectivity index (χ1n) is 5.82. The molecule has 1 aromatic heterocycles. The summed E-state index contributed by atoms with van der Waals surface area (Å²) in [5.74, 6) is 0. The molecule has 0 fully saturated rings. The second kappa shape index (κ2) is 5.41. The maximum atomic E-state index is 12.0. The van der Waals surface area contributed by atoms with E-state index < -0.39 is 10.0 Å². The number of benzene rings is 1. The van der Waals surface area contributed by atoms with Gasteiger partial charge in [-0.05, 0) is 31.7 Å². The van der Waals surface area contributed by atoms with E-state index in [9.17, 15) is 8.42 Å². The van der Waals surface area contributed by atoms with Crippen molar-refractivity contribution in [3.63, 3.8) is 0 Å². The Kier molecular flexibility index (Phi) is 3.87. The van der Waals surface area contributed by atoms with Crippen LogP contribution in [0, 0.1) is 0 Å². The summed E-state index contributed by atoms with van der Waals surface area (Å²) in [4.78, 5) is 0.111. The monoisotopic (exact) mass is 280 g/mol. The molecule has 2 rings (SSSR count). The molecule has 0 bridgehead atoms. The van der Waals surface area contributed by atoms with Crippen molar-refractivity contribution >= 4 is 15.7 Å². The van der Waals surface area contributed by atoms with Crippen LogP contribution in [0.5, 0.6) is 0 Å². The average molecular weight is 280 g/mol. The van der Waals surface area contributed by atoms with Crippen molar-refractivity contribution in [3.05, 3.63) is 42.2 Å². The molecule has 0 aliphatic carbocycles. The van der Waals surface area contributed by atoms with Crippen LogP contribution in [0.4, 0.5) is 5.69 Å². The summed E-state index contributed by atoms with van der Waals surface area (Å²) < 4.78 is 26.4. The van der Waals surface area contributed by atoms with E-state index in [4.69, 9.17) is 0 Å². The predicted octanol–water partition coefficient (Wildman–Crippen LogP) is 1.49. The van der Waals surface area contributed by atoms with Gasteiger partial charge in [0.05, 0.1) is 6.20 Å². The molecule has 102 valence electrons. The van der Waals surface area contributed by atoms with E-state index in [1.54, 1.807) is 12.1 Å². The number of aromatic nitrogens is 2. The fourth-order valence-electron chi connectivity index (χ4n) is 1.61. The fraction of sp³-hybridized carbons (Fsp3) is 0.250. The van der Waals surface area contributed by atoms with Gasteiger partial charge in [-0.2, -0.15) is 5.10 Å². The normalized spacial score (nSPS) is 13.2. The van der Waals surface area contributed by atoms with Crippen LogP contribution in [0.2, 0.25) is 0 Å². The van der Waals surface area contributed by atoms with Gasteiger partial charge in [-0.1, -0.05) is 12.1 Å². The zero-order valence-electron chi connectivity index (χ0n) is 10.7. The summed E-state index contributed by atoms with van der Waals surface area (Å²) in [5, 5.41) is 9.22. The molecule has 0 amide bonds. The maximum absolute atomic E-state index is 12.0. The van der Waals surface area contributed by atoms with Crippen LogP contribution >= 0.6 is 0 Å². The lowest BCUT2D eigenvalue weighted by molar-refractivity contribution is 0.601. The van der Waals surface area contributed by atoms with Crippen LogP contribution in [0.1, 0.15) is 18.5 Å². The number of anilines is 1. The van der Waals surface area contributed by atoms with Crippen molar-refractivity contribution < 1.29 is 8.42 Å². The Morgan fingerprint density at radius 3 is 2.47 bits per heavy atom. The summed E-state index contributed by atoms with van der Waals surface area (Å²) in [6.45, 7) is 2.03. The molecule has 2 aromatic rings. The molecule has 1 heterocycles. The highest BCUT2D eigenvalue weighted by Gasteiger charge is 2.15. The largest absolute Gasteiger partial charge is 0.313 e. The number of nitrogens with one attached hydrogen (secondary N) is 3.